The summed E-state index contributed by atoms with van der Waals surface area (Å²) in [5, 5.41) is 10.0. The second-order valence-corrected chi connectivity index (χ2v) is 8.71. The fourth-order valence-electron chi connectivity index (χ4n) is 4.18. The van der Waals surface area contributed by atoms with Gasteiger partial charge in [0.25, 0.3) is 0 Å². The van der Waals surface area contributed by atoms with Crippen molar-refractivity contribution in [2.45, 2.75) is 33.6 Å². The number of aromatic nitrogens is 2. The fraction of sp³-hybridized carbons (Fsp3) is 0.269. The minimum Gasteiger partial charge on any atom is -0.463 e. The summed E-state index contributed by atoms with van der Waals surface area (Å²) in [6.07, 6.45) is 1.89. The molecule has 3 aromatic rings. The van der Waals surface area contributed by atoms with Crippen molar-refractivity contribution in [1.82, 2.24) is 15.1 Å². The van der Waals surface area contributed by atoms with Gasteiger partial charge in [-0.1, -0.05) is 24.3 Å². The molecule has 176 valence electrons. The van der Waals surface area contributed by atoms with Crippen molar-refractivity contribution in [2.24, 2.45) is 0 Å². The second kappa shape index (κ2) is 10.1. The van der Waals surface area contributed by atoms with Crippen molar-refractivity contribution < 1.29 is 19.1 Å². The monoisotopic (exact) mass is 477 g/mol. The lowest BCUT2D eigenvalue weighted by Crippen LogP contribution is -2.32. The van der Waals surface area contributed by atoms with Crippen LogP contribution < -0.4 is 5.32 Å². The Morgan fingerprint density at radius 2 is 1.59 bits per heavy atom. The smallest absolute Gasteiger partial charge is 0.336 e. The Balaban J connectivity index is 1.98. The number of ether oxygens (including phenoxy) is 2. The Kier molecular flexibility index (Phi) is 6.98. The van der Waals surface area contributed by atoms with Gasteiger partial charge in [0.2, 0.25) is 0 Å². The number of rotatable bonds is 7. The molecule has 0 amide bonds. The summed E-state index contributed by atoms with van der Waals surface area (Å²) in [6.45, 7) is 7.60. The first kappa shape index (κ1) is 23.5. The van der Waals surface area contributed by atoms with Gasteiger partial charge in [0.1, 0.15) is 5.69 Å². The third kappa shape index (κ3) is 4.41. The number of dihydropyridines is 1. The largest absolute Gasteiger partial charge is 0.463 e. The summed E-state index contributed by atoms with van der Waals surface area (Å²) >= 11 is 1.55. The molecule has 0 spiro atoms. The first-order chi connectivity index (χ1) is 16.5. The summed E-state index contributed by atoms with van der Waals surface area (Å²) in [7, 11) is 0. The number of thiophene rings is 1. The van der Waals surface area contributed by atoms with Gasteiger partial charge in [-0.3, -0.25) is 0 Å². The Morgan fingerprint density at radius 1 is 0.971 bits per heavy atom. The number of benzene rings is 1. The van der Waals surface area contributed by atoms with Crippen LogP contribution in [0.3, 0.4) is 0 Å². The van der Waals surface area contributed by atoms with Crippen LogP contribution in [0.5, 0.6) is 0 Å². The Labute approximate surface area is 202 Å². The van der Waals surface area contributed by atoms with Crippen LogP contribution in [0.25, 0.3) is 16.3 Å². The normalized spacial score (nSPS) is 14.2. The number of nitrogens with one attached hydrogen (secondary N) is 1. The van der Waals surface area contributed by atoms with E-state index in [2.05, 4.69) is 5.32 Å². The molecular formula is C26H27N3O4S. The number of nitrogens with zero attached hydrogens (tertiary/aromatic N) is 2. The van der Waals surface area contributed by atoms with E-state index in [1.54, 1.807) is 29.9 Å². The van der Waals surface area contributed by atoms with E-state index >= 15 is 0 Å². The highest BCUT2D eigenvalue weighted by atomic mass is 32.1. The highest BCUT2D eigenvalue weighted by Gasteiger charge is 2.40. The van der Waals surface area contributed by atoms with Gasteiger partial charge < -0.3 is 14.8 Å². The van der Waals surface area contributed by atoms with Crippen molar-refractivity contribution in [3.63, 3.8) is 0 Å². The minimum absolute atomic E-state index is 0.223. The number of carbonyl (C=O) groups is 2. The van der Waals surface area contributed by atoms with E-state index in [-0.39, 0.29) is 13.2 Å². The van der Waals surface area contributed by atoms with Gasteiger partial charge in [0, 0.05) is 23.2 Å². The summed E-state index contributed by atoms with van der Waals surface area (Å²) in [6, 6.07) is 13.7. The first-order valence-corrected chi connectivity index (χ1v) is 12.1. The van der Waals surface area contributed by atoms with Gasteiger partial charge in [0.05, 0.1) is 40.8 Å². The van der Waals surface area contributed by atoms with Crippen molar-refractivity contribution >= 4 is 23.3 Å². The van der Waals surface area contributed by atoms with E-state index in [0.29, 0.717) is 28.2 Å². The maximum Gasteiger partial charge on any atom is 0.336 e. The topological polar surface area (TPSA) is 82.5 Å². The zero-order valence-corrected chi connectivity index (χ0v) is 20.4. The average molecular weight is 478 g/mol. The second-order valence-electron chi connectivity index (χ2n) is 7.77. The zero-order valence-electron chi connectivity index (χ0n) is 19.6. The molecule has 1 aliphatic heterocycles. The Hall–Kier alpha value is -3.65. The minimum atomic E-state index is -0.700. The van der Waals surface area contributed by atoms with Gasteiger partial charge in [-0.05, 0) is 51.3 Å². The lowest BCUT2D eigenvalue weighted by atomic mass is 9.80. The lowest BCUT2D eigenvalue weighted by Gasteiger charge is -2.30. The van der Waals surface area contributed by atoms with Crippen LogP contribution in [-0.4, -0.2) is 34.9 Å². The van der Waals surface area contributed by atoms with Crippen LogP contribution in [0.15, 0.2) is 76.6 Å². The van der Waals surface area contributed by atoms with Crippen LogP contribution in [0.1, 0.15) is 39.2 Å². The number of esters is 2. The van der Waals surface area contributed by atoms with Gasteiger partial charge in [-0.15, -0.1) is 11.3 Å². The van der Waals surface area contributed by atoms with E-state index < -0.39 is 17.9 Å². The van der Waals surface area contributed by atoms with E-state index in [0.717, 1.165) is 16.1 Å². The van der Waals surface area contributed by atoms with E-state index in [4.69, 9.17) is 14.6 Å². The molecular weight excluding hydrogens is 450 g/mol. The molecule has 1 aromatic carbocycles. The van der Waals surface area contributed by atoms with Crippen LogP contribution >= 0.6 is 11.3 Å². The molecule has 0 saturated heterocycles. The molecule has 34 heavy (non-hydrogen) atoms. The van der Waals surface area contributed by atoms with Crippen LogP contribution in [0.2, 0.25) is 0 Å². The summed E-state index contributed by atoms with van der Waals surface area (Å²) in [4.78, 5) is 27.3. The van der Waals surface area contributed by atoms with E-state index in [1.807, 2.05) is 67.9 Å². The third-order valence-corrected chi connectivity index (χ3v) is 6.46. The predicted octanol–water partition coefficient (Wildman–Crippen LogP) is 4.96. The molecule has 0 bridgehead atoms. The number of allylic oxidation sites excluding steroid dienone is 2. The molecule has 2 aromatic heterocycles. The SMILES string of the molecule is CCOC(=O)C1=C(C)NC(C)=C(C(=O)OCC)C1c1cn(-c2ccccc2)nc1-c1cccs1. The molecule has 1 aliphatic rings. The maximum absolute atomic E-state index is 13.2. The Morgan fingerprint density at radius 3 is 2.12 bits per heavy atom. The third-order valence-electron chi connectivity index (χ3n) is 5.58. The zero-order chi connectivity index (χ0) is 24.2. The summed E-state index contributed by atoms with van der Waals surface area (Å²) < 4.78 is 12.6. The van der Waals surface area contributed by atoms with Crippen molar-refractivity contribution in [1.29, 1.82) is 0 Å². The standard InChI is InChI=1S/C26H27N3O4S/c1-5-32-25(30)21-16(3)27-17(4)22(26(31)33-6-2)23(21)19-15-29(18-11-8-7-9-12-18)28-24(19)20-13-10-14-34-20/h7-15,23,27H,5-6H2,1-4H3. The number of hydrogen-bond donors (Lipinski definition) is 1. The molecule has 0 unspecified atom stereocenters. The maximum atomic E-state index is 13.2. The first-order valence-electron chi connectivity index (χ1n) is 11.2. The van der Waals surface area contributed by atoms with Crippen molar-refractivity contribution in [3.05, 3.63) is 82.1 Å². The molecule has 3 heterocycles. The highest BCUT2D eigenvalue weighted by Crippen LogP contribution is 2.43. The molecule has 0 saturated carbocycles. The highest BCUT2D eigenvalue weighted by molar-refractivity contribution is 7.13. The van der Waals surface area contributed by atoms with Gasteiger partial charge in [-0.2, -0.15) is 5.10 Å². The summed E-state index contributed by atoms with van der Waals surface area (Å²) in [5.74, 6) is -1.65. The Bertz CT molecular complexity index is 1220. The van der Waals surface area contributed by atoms with Crippen molar-refractivity contribution in [3.8, 4) is 16.3 Å². The van der Waals surface area contributed by atoms with Crippen LogP contribution in [0.4, 0.5) is 0 Å². The van der Waals surface area contributed by atoms with Crippen molar-refractivity contribution in [2.75, 3.05) is 13.2 Å². The number of hydrogen-bond acceptors (Lipinski definition) is 7. The van der Waals surface area contributed by atoms with Gasteiger partial charge in [0.15, 0.2) is 0 Å². The van der Waals surface area contributed by atoms with Crippen LogP contribution in [0, 0.1) is 0 Å². The van der Waals surface area contributed by atoms with Gasteiger partial charge in [-0.25, -0.2) is 14.3 Å². The molecule has 0 fully saturated rings. The number of para-hydroxylation sites is 1. The van der Waals surface area contributed by atoms with Gasteiger partial charge >= 0.3 is 11.9 Å². The van der Waals surface area contributed by atoms with E-state index in [9.17, 15) is 9.59 Å². The molecule has 7 nitrogen and oxygen atoms in total. The fourth-order valence-corrected chi connectivity index (χ4v) is 4.91. The molecule has 0 aliphatic carbocycles. The van der Waals surface area contributed by atoms with E-state index in [1.165, 1.54) is 0 Å². The molecule has 8 heteroatoms. The average Bonchev–Trinajstić information content (AvgIpc) is 3.49. The summed E-state index contributed by atoms with van der Waals surface area (Å²) in [5.41, 5.74) is 4.34. The molecule has 1 N–H and O–H groups in total. The predicted molar refractivity (Wildman–Crippen MR) is 131 cm³/mol. The quantitative estimate of drug-likeness (QED) is 0.484. The molecule has 4 rings (SSSR count). The lowest BCUT2D eigenvalue weighted by molar-refractivity contribution is -0.139. The molecule has 0 radical (unpaired) electrons. The van der Waals surface area contributed by atoms with Crippen LogP contribution in [-0.2, 0) is 19.1 Å². The number of carbonyl (C=O) groups excluding carboxylic acids is 2. The molecule has 0 atom stereocenters.